The van der Waals surface area contributed by atoms with E-state index in [1.807, 2.05) is 66.7 Å². The molecule has 1 saturated heterocycles. The summed E-state index contributed by atoms with van der Waals surface area (Å²) in [4.78, 5) is 21.1. The molecule has 1 aliphatic heterocycles. The number of rotatable bonds is 5. The third-order valence-corrected chi connectivity index (χ3v) is 4.96. The zero-order chi connectivity index (χ0) is 18.6. The van der Waals surface area contributed by atoms with Gasteiger partial charge in [-0.05, 0) is 36.8 Å². The molecular formula is C21H24N4O2. The summed E-state index contributed by atoms with van der Waals surface area (Å²) in [6.07, 6.45) is 3.97. The van der Waals surface area contributed by atoms with Crippen molar-refractivity contribution in [3.8, 4) is 5.75 Å². The highest BCUT2D eigenvalue weighted by Gasteiger charge is 2.22. The number of aryl methyl sites for hydroxylation is 1. The van der Waals surface area contributed by atoms with Crippen LogP contribution in [0.3, 0.4) is 0 Å². The Bertz CT molecular complexity index is 929. The lowest BCUT2D eigenvalue weighted by atomic mass is 10.2. The second-order valence-electron chi connectivity index (χ2n) is 6.94. The van der Waals surface area contributed by atoms with Gasteiger partial charge in [-0.2, -0.15) is 0 Å². The van der Waals surface area contributed by atoms with E-state index in [1.54, 1.807) is 0 Å². The average molecular weight is 364 g/mol. The molecule has 1 fully saturated rings. The summed E-state index contributed by atoms with van der Waals surface area (Å²) in [6.45, 7) is 6.12. The summed E-state index contributed by atoms with van der Waals surface area (Å²) in [5.41, 5.74) is 3.27. The molecule has 3 heterocycles. The van der Waals surface area contributed by atoms with Gasteiger partial charge >= 0.3 is 0 Å². The van der Waals surface area contributed by atoms with Gasteiger partial charge in [0.25, 0.3) is 5.91 Å². The minimum Gasteiger partial charge on any atom is -0.484 e. The van der Waals surface area contributed by atoms with E-state index in [9.17, 15) is 4.79 Å². The zero-order valence-corrected chi connectivity index (χ0v) is 15.5. The number of nitrogens with zero attached hydrogens (tertiary/aromatic N) is 4. The quantitative estimate of drug-likeness (QED) is 0.697. The lowest BCUT2D eigenvalue weighted by Crippen LogP contribution is -2.49. The van der Waals surface area contributed by atoms with Crippen LogP contribution in [0.2, 0.25) is 0 Å². The van der Waals surface area contributed by atoms with Crippen molar-refractivity contribution < 1.29 is 9.53 Å². The second-order valence-corrected chi connectivity index (χ2v) is 6.94. The third-order valence-electron chi connectivity index (χ3n) is 4.96. The normalized spacial score (nSPS) is 15.2. The van der Waals surface area contributed by atoms with Gasteiger partial charge in [0.15, 0.2) is 6.61 Å². The number of hydrogen-bond acceptors (Lipinski definition) is 4. The maximum absolute atomic E-state index is 12.4. The lowest BCUT2D eigenvalue weighted by molar-refractivity contribution is -0.135. The summed E-state index contributed by atoms with van der Waals surface area (Å²) >= 11 is 0. The van der Waals surface area contributed by atoms with Gasteiger partial charge in [0.2, 0.25) is 0 Å². The van der Waals surface area contributed by atoms with Crippen LogP contribution in [0, 0.1) is 6.92 Å². The first-order valence-electron chi connectivity index (χ1n) is 9.29. The monoisotopic (exact) mass is 364 g/mol. The molecule has 0 saturated carbocycles. The number of imidazole rings is 1. The number of hydrogen-bond donors (Lipinski definition) is 0. The molecule has 0 spiro atoms. The van der Waals surface area contributed by atoms with Crippen LogP contribution in [0.4, 0.5) is 0 Å². The van der Waals surface area contributed by atoms with Gasteiger partial charge < -0.3 is 14.0 Å². The van der Waals surface area contributed by atoms with Crippen LogP contribution in [0.5, 0.6) is 5.75 Å². The van der Waals surface area contributed by atoms with Gasteiger partial charge in [0.1, 0.15) is 11.4 Å². The van der Waals surface area contributed by atoms with E-state index in [1.165, 1.54) is 5.69 Å². The Morgan fingerprint density at radius 3 is 2.78 bits per heavy atom. The van der Waals surface area contributed by atoms with E-state index >= 15 is 0 Å². The molecular weight excluding hydrogens is 340 g/mol. The second kappa shape index (κ2) is 7.80. The summed E-state index contributed by atoms with van der Waals surface area (Å²) in [6, 6.07) is 13.8. The van der Waals surface area contributed by atoms with Crippen molar-refractivity contribution in [3.05, 3.63) is 66.1 Å². The Balaban J connectivity index is 1.27. The van der Waals surface area contributed by atoms with Crippen molar-refractivity contribution in [1.29, 1.82) is 0 Å². The molecule has 1 aliphatic rings. The van der Waals surface area contributed by atoms with E-state index in [0.717, 1.165) is 49.7 Å². The average Bonchev–Trinajstić information content (AvgIpc) is 3.10. The van der Waals surface area contributed by atoms with Crippen molar-refractivity contribution in [3.63, 3.8) is 0 Å². The Kier molecular flexibility index (Phi) is 5.07. The number of piperazine rings is 1. The molecule has 2 aromatic heterocycles. The molecule has 6 heteroatoms. The summed E-state index contributed by atoms with van der Waals surface area (Å²) in [5, 5.41) is 0. The Hall–Kier alpha value is -2.86. The minimum absolute atomic E-state index is 0.0472. The molecule has 0 unspecified atom stereocenters. The van der Waals surface area contributed by atoms with Crippen LogP contribution in [0.25, 0.3) is 5.65 Å². The van der Waals surface area contributed by atoms with E-state index < -0.39 is 0 Å². The largest absolute Gasteiger partial charge is 0.484 e. The van der Waals surface area contributed by atoms with Crippen LogP contribution in [-0.4, -0.2) is 57.9 Å². The summed E-state index contributed by atoms with van der Waals surface area (Å²) in [5.74, 6) is 0.792. The standard InChI is InChI=1S/C21H24N4O2/c1-17-5-4-6-19(13-17)27-16-21(26)24-11-9-23(10-12-24)15-18-14-22-20-7-2-3-8-25(18)20/h2-8,13-14H,9-12,15-16H2,1H3. The van der Waals surface area contributed by atoms with E-state index in [-0.39, 0.29) is 12.5 Å². The van der Waals surface area contributed by atoms with Crippen molar-refractivity contribution >= 4 is 11.6 Å². The third kappa shape index (κ3) is 4.11. The van der Waals surface area contributed by atoms with Gasteiger partial charge in [-0.3, -0.25) is 9.69 Å². The molecule has 0 radical (unpaired) electrons. The van der Waals surface area contributed by atoms with E-state index in [2.05, 4.69) is 14.3 Å². The number of amides is 1. The number of benzene rings is 1. The van der Waals surface area contributed by atoms with Gasteiger partial charge in [0, 0.05) is 38.9 Å². The maximum Gasteiger partial charge on any atom is 0.260 e. The number of fused-ring (bicyclic) bond motifs is 1. The topological polar surface area (TPSA) is 50.1 Å². The van der Waals surface area contributed by atoms with Gasteiger partial charge in [-0.15, -0.1) is 0 Å². The Labute approximate surface area is 159 Å². The first-order chi connectivity index (χ1) is 13.2. The SMILES string of the molecule is Cc1cccc(OCC(=O)N2CCN(Cc3cnc4ccccn34)CC2)c1. The number of carbonyl (C=O) groups is 1. The molecule has 0 bridgehead atoms. The summed E-state index contributed by atoms with van der Waals surface area (Å²) in [7, 11) is 0. The highest BCUT2D eigenvalue weighted by atomic mass is 16.5. The van der Waals surface area contributed by atoms with Gasteiger partial charge in [-0.25, -0.2) is 4.98 Å². The van der Waals surface area contributed by atoms with Crippen molar-refractivity contribution in [2.75, 3.05) is 32.8 Å². The molecule has 6 nitrogen and oxygen atoms in total. The van der Waals surface area contributed by atoms with Crippen molar-refractivity contribution in [2.24, 2.45) is 0 Å². The highest BCUT2D eigenvalue weighted by molar-refractivity contribution is 5.77. The van der Waals surface area contributed by atoms with Crippen LogP contribution in [0.15, 0.2) is 54.9 Å². The summed E-state index contributed by atoms with van der Waals surface area (Å²) < 4.78 is 7.76. The number of carbonyl (C=O) groups excluding carboxylic acids is 1. The predicted molar refractivity (Wildman–Crippen MR) is 104 cm³/mol. The van der Waals surface area contributed by atoms with Crippen molar-refractivity contribution in [1.82, 2.24) is 19.2 Å². The fraction of sp³-hybridized carbons (Fsp3) is 0.333. The van der Waals surface area contributed by atoms with Crippen molar-refractivity contribution in [2.45, 2.75) is 13.5 Å². The number of aromatic nitrogens is 2. The smallest absolute Gasteiger partial charge is 0.260 e. The minimum atomic E-state index is 0.0472. The van der Waals surface area contributed by atoms with Gasteiger partial charge in [-0.1, -0.05) is 18.2 Å². The predicted octanol–water partition coefficient (Wildman–Crippen LogP) is 2.37. The Morgan fingerprint density at radius 1 is 1.11 bits per heavy atom. The highest BCUT2D eigenvalue weighted by Crippen LogP contribution is 2.14. The lowest BCUT2D eigenvalue weighted by Gasteiger charge is -2.34. The molecule has 0 atom stereocenters. The molecule has 0 N–H and O–H groups in total. The molecule has 4 rings (SSSR count). The van der Waals surface area contributed by atoms with Crippen LogP contribution in [0.1, 0.15) is 11.3 Å². The van der Waals surface area contributed by atoms with Crippen LogP contribution in [-0.2, 0) is 11.3 Å². The van der Waals surface area contributed by atoms with Gasteiger partial charge in [0.05, 0.1) is 11.9 Å². The van der Waals surface area contributed by atoms with Crippen LogP contribution >= 0.6 is 0 Å². The first kappa shape index (κ1) is 17.5. The Morgan fingerprint density at radius 2 is 1.96 bits per heavy atom. The maximum atomic E-state index is 12.4. The molecule has 3 aromatic rings. The molecule has 1 aromatic carbocycles. The number of pyridine rings is 1. The van der Waals surface area contributed by atoms with Crippen LogP contribution < -0.4 is 4.74 Å². The molecule has 27 heavy (non-hydrogen) atoms. The van der Waals surface area contributed by atoms with E-state index in [0.29, 0.717) is 0 Å². The zero-order valence-electron chi connectivity index (χ0n) is 15.5. The van der Waals surface area contributed by atoms with E-state index in [4.69, 9.17) is 4.74 Å². The number of ether oxygens (including phenoxy) is 1. The molecule has 1 amide bonds. The molecule has 0 aliphatic carbocycles. The first-order valence-corrected chi connectivity index (χ1v) is 9.29. The fourth-order valence-corrected chi connectivity index (χ4v) is 3.43. The fourth-order valence-electron chi connectivity index (χ4n) is 3.43. The molecule has 140 valence electrons.